The SMILES string of the molecule is CCCCC1(CNC(C)C)CCOC1C1CC1. The van der Waals surface area contributed by atoms with Gasteiger partial charge in [0.05, 0.1) is 6.10 Å². The average Bonchev–Trinajstić information content (AvgIpc) is 3.06. The Morgan fingerprint density at radius 1 is 1.35 bits per heavy atom. The van der Waals surface area contributed by atoms with E-state index in [0.717, 1.165) is 19.1 Å². The molecule has 1 aliphatic carbocycles. The molecular weight excluding hydrogens is 210 g/mol. The number of hydrogen-bond donors (Lipinski definition) is 1. The van der Waals surface area contributed by atoms with E-state index < -0.39 is 0 Å². The van der Waals surface area contributed by atoms with Crippen LogP contribution in [0.2, 0.25) is 0 Å². The molecule has 1 saturated carbocycles. The van der Waals surface area contributed by atoms with E-state index in [-0.39, 0.29) is 0 Å². The monoisotopic (exact) mass is 239 g/mol. The van der Waals surface area contributed by atoms with Crippen molar-refractivity contribution in [1.82, 2.24) is 5.32 Å². The van der Waals surface area contributed by atoms with Crippen molar-refractivity contribution in [3.63, 3.8) is 0 Å². The van der Waals surface area contributed by atoms with Gasteiger partial charge in [0, 0.05) is 24.6 Å². The van der Waals surface area contributed by atoms with Crippen molar-refractivity contribution in [2.24, 2.45) is 11.3 Å². The highest BCUT2D eigenvalue weighted by atomic mass is 16.5. The second kappa shape index (κ2) is 5.71. The van der Waals surface area contributed by atoms with E-state index in [4.69, 9.17) is 4.74 Å². The summed E-state index contributed by atoms with van der Waals surface area (Å²) < 4.78 is 6.08. The summed E-state index contributed by atoms with van der Waals surface area (Å²) in [4.78, 5) is 0. The summed E-state index contributed by atoms with van der Waals surface area (Å²) in [5, 5.41) is 3.67. The summed E-state index contributed by atoms with van der Waals surface area (Å²) in [6, 6.07) is 0.592. The fraction of sp³-hybridized carbons (Fsp3) is 1.00. The van der Waals surface area contributed by atoms with E-state index in [0.29, 0.717) is 17.6 Å². The van der Waals surface area contributed by atoms with E-state index in [1.165, 1.54) is 38.5 Å². The third kappa shape index (κ3) is 3.23. The van der Waals surface area contributed by atoms with Crippen LogP contribution in [0.3, 0.4) is 0 Å². The Hall–Kier alpha value is -0.0800. The molecule has 0 spiro atoms. The lowest BCUT2D eigenvalue weighted by Gasteiger charge is -2.35. The minimum Gasteiger partial charge on any atom is -0.377 e. The maximum absolute atomic E-state index is 6.08. The smallest absolute Gasteiger partial charge is 0.0672 e. The molecule has 17 heavy (non-hydrogen) atoms. The molecule has 1 N–H and O–H groups in total. The first kappa shape index (κ1) is 13.4. The highest BCUT2D eigenvalue weighted by Crippen LogP contribution is 2.50. The average molecular weight is 239 g/mol. The van der Waals surface area contributed by atoms with Crippen LogP contribution in [0.5, 0.6) is 0 Å². The van der Waals surface area contributed by atoms with Crippen LogP contribution in [0.4, 0.5) is 0 Å². The van der Waals surface area contributed by atoms with Crippen LogP contribution < -0.4 is 5.32 Å². The maximum Gasteiger partial charge on any atom is 0.0672 e. The highest BCUT2D eigenvalue weighted by molar-refractivity contribution is 5.00. The molecule has 2 nitrogen and oxygen atoms in total. The molecule has 0 radical (unpaired) electrons. The van der Waals surface area contributed by atoms with Crippen LogP contribution >= 0.6 is 0 Å². The van der Waals surface area contributed by atoms with Crippen molar-refractivity contribution in [3.05, 3.63) is 0 Å². The Balaban J connectivity index is 1.99. The van der Waals surface area contributed by atoms with Crippen molar-refractivity contribution in [2.75, 3.05) is 13.2 Å². The van der Waals surface area contributed by atoms with E-state index in [2.05, 4.69) is 26.1 Å². The lowest BCUT2D eigenvalue weighted by atomic mass is 9.74. The molecule has 0 amide bonds. The molecule has 2 heteroatoms. The zero-order chi connectivity index (χ0) is 12.3. The van der Waals surface area contributed by atoms with E-state index in [1.807, 2.05) is 0 Å². The van der Waals surface area contributed by atoms with Gasteiger partial charge in [-0.1, -0.05) is 33.6 Å². The van der Waals surface area contributed by atoms with Gasteiger partial charge < -0.3 is 10.1 Å². The Morgan fingerprint density at radius 3 is 2.71 bits per heavy atom. The molecule has 2 fully saturated rings. The summed E-state index contributed by atoms with van der Waals surface area (Å²) in [7, 11) is 0. The van der Waals surface area contributed by atoms with Crippen LogP contribution in [-0.4, -0.2) is 25.3 Å². The number of nitrogens with one attached hydrogen (secondary N) is 1. The first-order valence-electron chi connectivity index (χ1n) is 7.53. The van der Waals surface area contributed by atoms with Crippen LogP contribution in [-0.2, 0) is 4.74 Å². The van der Waals surface area contributed by atoms with E-state index >= 15 is 0 Å². The molecule has 2 atom stereocenters. The molecular formula is C15H29NO. The van der Waals surface area contributed by atoms with E-state index in [9.17, 15) is 0 Å². The number of unbranched alkanes of at least 4 members (excludes halogenated alkanes) is 1. The molecule has 2 rings (SSSR count). The first-order valence-corrected chi connectivity index (χ1v) is 7.53. The first-order chi connectivity index (χ1) is 8.18. The predicted molar refractivity (Wildman–Crippen MR) is 72.2 cm³/mol. The van der Waals surface area contributed by atoms with Gasteiger partial charge in [0.15, 0.2) is 0 Å². The molecule has 0 aromatic heterocycles. The summed E-state index contributed by atoms with van der Waals surface area (Å²) in [5.41, 5.74) is 0.446. The number of rotatable bonds is 7. The Labute approximate surface area is 107 Å². The second-order valence-corrected chi connectivity index (χ2v) is 6.38. The van der Waals surface area contributed by atoms with Crippen LogP contribution in [0.15, 0.2) is 0 Å². The number of ether oxygens (including phenoxy) is 1. The van der Waals surface area contributed by atoms with Gasteiger partial charge in [0.2, 0.25) is 0 Å². The van der Waals surface area contributed by atoms with Gasteiger partial charge in [-0.25, -0.2) is 0 Å². The van der Waals surface area contributed by atoms with Crippen LogP contribution in [0.25, 0.3) is 0 Å². The summed E-state index contributed by atoms with van der Waals surface area (Å²) >= 11 is 0. The zero-order valence-corrected chi connectivity index (χ0v) is 11.8. The predicted octanol–water partition coefficient (Wildman–Crippen LogP) is 3.36. The molecule has 1 aliphatic heterocycles. The van der Waals surface area contributed by atoms with Crippen molar-refractivity contribution in [2.45, 2.75) is 71.4 Å². The third-order valence-electron chi connectivity index (χ3n) is 4.44. The standard InChI is InChI=1S/C15H29NO/c1-4-5-8-15(11-16-12(2)3)9-10-17-14(15)13-6-7-13/h12-14,16H,4-11H2,1-3H3. The lowest BCUT2D eigenvalue weighted by Crippen LogP contribution is -2.43. The van der Waals surface area contributed by atoms with Gasteiger partial charge in [-0.05, 0) is 31.6 Å². The summed E-state index contributed by atoms with van der Waals surface area (Å²) in [5.74, 6) is 0.878. The highest BCUT2D eigenvalue weighted by Gasteiger charge is 2.50. The van der Waals surface area contributed by atoms with Gasteiger partial charge in [0.1, 0.15) is 0 Å². The third-order valence-corrected chi connectivity index (χ3v) is 4.44. The lowest BCUT2D eigenvalue weighted by molar-refractivity contribution is 0.0247. The maximum atomic E-state index is 6.08. The minimum atomic E-state index is 0.446. The fourth-order valence-electron chi connectivity index (χ4n) is 3.22. The van der Waals surface area contributed by atoms with Crippen molar-refractivity contribution in [3.8, 4) is 0 Å². The van der Waals surface area contributed by atoms with Crippen LogP contribution in [0.1, 0.15) is 59.3 Å². The van der Waals surface area contributed by atoms with E-state index in [1.54, 1.807) is 0 Å². The molecule has 0 bridgehead atoms. The van der Waals surface area contributed by atoms with Gasteiger partial charge in [-0.3, -0.25) is 0 Å². The molecule has 1 saturated heterocycles. The van der Waals surface area contributed by atoms with Crippen molar-refractivity contribution in [1.29, 1.82) is 0 Å². The number of hydrogen-bond acceptors (Lipinski definition) is 2. The summed E-state index contributed by atoms with van der Waals surface area (Å²) in [6.07, 6.45) is 8.65. The normalized spacial score (nSPS) is 33.5. The topological polar surface area (TPSA) is 21.3 Å². The molecule has 2 aliphatic rings. The van der Waals surface area contributed by atoms with Gasteiger partial charge in [-0.2, -0.15) is 0 Å². The van der Waals surface area contributed by atoms with Crippen molar-refractivity contribution < 1.29 is 4.74 Å². The second-order valence-electron chi connectivity index (χ2n) is 6.38. The Morgan fingerprint density at radius 2 is 2.12 bits per heavy atom. The molecule has 2 unspecified atom stereocenters. The zero-order valence-electron chi connectivity index (χ0n) is 11.8. The Kier molecular flexibility index (Phi) is 4.48. The van der Waals surface area contributed by atoms with Gasteiger partial charge in [0.25, 0.3) is 0 Å². The molecule has 100 valence electrons. The summed E-state index contributed by atoms with van der Waals surface area (Å²) in [6.45, 7) is 8.94. The molecule has 0 aromatic rings. The fourth-order valence-corrected chi connectivity index (χ4v) is 3.22. The minimum absolute atomic E-state index is 0.446. The van der Waals surface area contributed by atoms with Crippen LogP contribution in [0, 0.1) is 11.3 Å². The molecule has 0 aromatic carbocycles. The van der Waals surface area contributed by atoms with Gasteiger partial charge >= 0.3 is 0 Å². The Bertz CT molecular complexity index is 237. The molecule has 1 heterocycles. The van der Waals surface area contributed by atoms with Crippen molar-refractivity contribution >= 4 is 0 Å². The van der Waals surface area contributed by atoms with Gasteiger partial charge in [-0.15, -0.1) is 0 Å². The largest absolute Gasteiger partial charge is 0.377 e. The quantitative estimate of drug-likeness (QED) is 0.735.